The topological polar surface area (TPSA) is 49.4 Å². The van der Waals surface area contributed by atoms with Gasteiger partial charge in [0.2, 0.25) is 5.91 Å². The molecule has 0 saturated heterocycles. The average Bonchev–Trinajstić information content (AvgIpc) is 3.06. The van der Waals surface area contributed by atoms with Gasteiger partial charge in [0, 0.05) is 37.2 Å². The first-order chi connectivity index (χ1) is 10.6. The summed E-state index contributed by atoms with van der Waals surface area (Å²) in [6.45, 7) is 0.502. The molecule has 0 aliphatic rings. The lowest BCUT2D eigenvalue weighted by Gasteiger charge is -2.15. The monoisotopic (exact) mass is 314 g/mol. The number of benzene rings is 1. The van der Waals surface area contributed by atoms with Crippen LogP contribution in [-0.2, 0) is 11.3 Å². The number of likely N-dealkylation sites (N-methyl/N-ethyl adjacent to an activating group) is 1. The molecule has 0 fully saturated rings. The Morgan fingerprint density at radius 1 is 1.23 bits per heavy atom. The molecular formula is C17H18N2O2S. The molecular weight excluding hydrogens is 296 g/mol. The van der Waals surface area contributed by atoms with Crippen molar-refractivity contribution in [3.63, 3.8) is 0 Å². The summed E-state index contributed by atoms with van der Waals surface area (Å²) in [6, 6.07) is 11.1. The van der Waals surface area contributed by atoms with E-state index in [0.717, 1.165) is 10.4 Å². The summed E-state index contributed by atoms with van der Waals surface area (Å²) < 4.78 is 0. The molecule has 1 heterocycles. The van der Waals surface area contributed by atoms with Gasteiger partial charge in [-0.25, -0.2) is 0 Å². The van der Waals surface area contributed by atoms with Crippen LogP contribution in [0.4, 0.5) is 0 Å². The predicted molar refractivity (Wildman–Crippen MR) is 89.7 cm³/mol. The van der Waals surface area contributed by atoms with Gasteiger partial charge in [0.25, 0.3) is 5.91 Å². The highest BCUT2D eigenvalue weighted by Gasteiger charge is 2.07. The Morgan fingerprint density at radius 2 is 1.95 bits per heavy atom. The molecule has 0 spiro atoms. The Hall–Kier alpha value is -2.40. The third-order valence-electron chi connectivity index (χ3n) is 3.17. The molecule has 0 bridgehead atoms. The van der Waals surface area contributed by atoms with Gasteiger partial charge in [0.15, 0.2) is 0 Å². The van der Waals surface area contributed by atoms with Gasteiger partial charge in [0.05, 0.1) is 0 Å². The van der Waals surface area contributed by atoms with Crippen molar-refractivity contribution < 1.29 is 9.59 Å². The number of nitrogens with one attached hydrogen (secondary N) is 1. The van der Waals surface area contributed by atoms with E-state index in [0.29, 0.717) is 12.1 Å². The summed E-state index contributed by atoms with van der Waals surface area (Å²) >= 11 is 1.59. The molecule has 0 atom stereocenters. The van der Waals surface area contributed by atoms with Gasteiger partial charge in [0.1, 0.15) is 0 Å². The average molecular weight is 314 g/mol. The second-order valence-corrected chi connectivity index (χ2v) is 5.80. The van der Waals surface area contributed by atoms with E-state index in [1.807, 2.05) is 35.7 Å². The fraction of sp³-hybridized carbons (Fsp3) is 0.176. The summed E-state index contributed by atoms with van der Waals surface area (Å²) in [5.41, 5.74) is 1.59. The molecule has 1 N–H and O–H groups in total. The molecule has 0 aliphatic heterocycles. The second-order valence-electron chi connectivity index (χ2n) is 4.82. The number of carbonyl (C=O) groups excluding carboxylic acids is 2. The van der Waals surface area contributed by atoms with E-state index in [9.17, 15) is 9.59 Å². The Kier molecular flexibility index (Phi) is 5.49. The maximum Gasteiger partial charge on any atom is 0.251 e. The molecule has 5 heteroatoms. The van der Waals surface area contributed by atoms with E-state index >= 15 is 0 Å². The Bertz CT molecular complexity index is 660. The highest BCUT2D eigenvalue weighted by Crippen LogP contribution is 2.11. The fourth-order valence-electron chi connectivity index (χ4n) is 1.92. The normalized spacial score (nSPS) is 10.6. The van der Waals surface area contributed by atoms with Crippen LogP contribution >= 0.6 is 11.3 Å². The number of carbonyl (C=O) groups is 2. The van der Waals surface area contributed by atoms with Crippen molar-refractivity contribution >= 4 is 29.2 Å². The summed E-state index contributed by atoms with van der Waals surface area (Å²) in [7, 11) is 3.36. The highest BCUT2D eigenvalue weighted by molar-refractivity contribution is 7.10. The standard InChI is InChI=1S/C17H18N2O2S/c1-18-17(21)14-7-5-13(6-8-14)12-19(2)16(20)10-9-15-4-3-11-22-15/h3-11H,12H2,1-2H3,(H,18,21)/b10-9+. The number of amides is 2. The van der Waals surface area contributed by atoms with Crippen LogP contribution < -0.4 is 5.32 Å². The second kappa shape index (κ2) is 7.56. The van der Waals surface area contributed by atoms with Crippen LogP contribution in [0.2, 0.25) is 0 Å². The first-order valence-corrected chi connectivity index (χ1v) is 7.76. The summed E-state index contributed by atoms with van der Waals surface area (Å²) in [4.78, 5) is 26.2. The zero-order chi connectivity index (χ0) is 15.9. The van der Waals surface area contributed by atoms with Gasteiger partial charge < -0.3 is 10.2 Å². The number of hydrogen-bond donors (Lipinski definition) is 1. The molecule has 0 saturated carbocycles. The molecule has 4 nitrogen and oxygen atoms in total. The van der Waals surface area contributed by atoms with Crippen molar-refractivity contribution in [1.82, 2.24) is 10.2 Å². The highest BCUT2D eigenvalue weighted by atomic mass is 32.1. The maximum atomic E-state index is 12.0. The zero-order valence-electron chi connectivity index (χ0n) is 12.6. The molecule has 2 aromatic rings. The molecule has 0 unspecified atom stereocenters. The Labute approximate surface area is 134 Å². The van der Waals surface area contributed by atoms with Crippen molar-refractivity contribution in [1.29, 1.82) is 0 Å². The molecule has 0 radical (unpaired) electrons. The maximum absolute atomic E-state index is 12.0. The first kappa shape index (κ1) is 16.0. The SMILES string of the molecule is CNC(=O)c1ccc(CN(C)C(=O)/C=C/c2cccs2)cc1. The lowest BCUT2D eigenvalue weighted by Crippen LogP contribution is -2.24. The van der Waals surface area contributed by atoms with Crippen LogP contribution in [0, 0.1) is 0 Å². The lowest BCUT2D eigenvalue weighted by atomic mass is 10.1. The van der Waals surface area contributed by atoms with Crippen molar-refractivity contribution in [2.24, 2.45) is 0 Å². The van der Waals surface area contributed by atoms with Crippen LogP contribution in [0.15, 0.2) is 47.9 Å². The van der Waals surface area contributed by atoms with Crippen LogP contribution in [0.5, 0.6) is 0 Å². The largest absolute Gasteiger partial charge is 0.355 e. The van der Waals surface area contributed by atoms with Gasteiger partial charge in [-0.1, -0.05) is 18.2 Å². The van der Waals surface area contributed by atoms with Gasteiger partial charge in [-0.15, -0.1) is 11.3 Å². The van der Waals surface area contributed by atoms with E-state index in [1.54, 1.807) is 48.5 Å². The summed E-state index contributed by atoms with van der Waals surface area (Å²) in [5.74, 6) is -0.168. The molecule has 1 aromatic heterocycles. The van der Waals surface area contributed by atoms with E-state index in [1.165, 1.54) is 0 Å². The molecule has 114 valence electrons. The first-order valence-electron chi connectivity index (χ1n) is 6.88. The van der Waals surface area contributed by atoms with Crippen molar-refractivity contribution in [3.05, 3.63) is 63.9 Å². The summed E-state index contributed by atoms with van der Waals surface area (Å²) in [5, 5.41) is 4.55. The smallest absolute Gasteiger partial charge is 0.251 e. The van der Waals surface area contributed by atoms with Crippen molar-refractivity contribution in [2.75, 3.05) is 14.1 Å². The van der Waals surface area contributed by atoms with Gasteiger partial charge in [-0.05, 0) is 35.2 Å². The predicted octanol–water partition coefficient (Wildman–Crippen LogP) is 2.78. The summed E-state index contributed by atoms with van der Waals surface area (Å²) in [6.07, 6.45) is 3.39. The third kappa shape index (κ3) is 4.30. The van der Waals surface area contributed by atoms with Gasteiger partial charge in [-0.2, -0.15) is 0 Å². The van der Waals surface area contributed by atoms with Crippen molar-refractivity contribution in [3.8, 4) is 0 Å². The van der Waals surface area contributed by atoms with E-state index in [2.05, 4.69) is 5.32 Å². The van der Waals surface area contributed by atoms with Crippen LogP contribution in [0.1, 0.15) is 20.8 Å². The number of hydrogen-bond acceptors (Lipinski definition) is 3. The van der Waals surface area contributed by atoms with Gasteiger partial charge >= 0.3 is 0 Å². The minimum Gasteiger partial charge on any atom is -0.355 e. The van der Waals surface area contributed by atoms with Crippen molar-refractivity contribution in [2.45, 2.75) is 6.54 Å². The van der Waals surface area contributed by atoms with Crippen LogP contribution in [0.25, 0.3) is 6.08 Å². The Morgan fingerprint density at radius 3 is 2.55 bits per heavy atom. The molecule has 22 heavy (non-hydrogen) atoms. The molecule has 1 aromatic carbocycles. The number of nitrogens with zero attached hydrogens (tertiary/aromatic N) is 1. The molecule has 2 rings (SSSR count). The number of thiophene rings is 1. The van der Waals surface area contributed by atoms with E-state index in [4.69, 9.17) is 0 Å². The minimum atomic E-state index is -0.116. The third-order valence-corrected chi connectivity index (χ3v) is 4.01. The lowest BCUT2D eigenvalue weighted by molar-refractivity contribution is -0.125. The zero-order valence-corrected chi connectivity index (χ0v) is 13.4. The quantitative estimate of drug-likeness (QED) is 0.863. The van der Waals surface area contributed by atoms with E-state index < -0.39 is 0 Å². The van der Waals surface area contributed by atoms with Gasteiger partial charge in [-0.3, -0.25) is 9.59 Å². The van der Waals surface area contributed by atoms with Crippen LogP contribution in [-0.4, -0.2) is 30.8 Å². The fourth-order valence-corrected chi connectivity index (χ4v) is 2.54. The molecule has 0 aliphatic carbocycles. The number of rotatable bonds is 5. The van der Waals surface area contributed by atoms with E-state index in [-0.39, 0.29) is 11.8 Å². The molecule has 2 amide bonds. The minimum absolute atomic E-state index is 0.0521. The Balaban J connectivity index is 1.94. The van der Waals surface area contributed by atoms with Crippen LogP contribution in [0.3, 0.4) is 0 Å².